The van der Waals surface area contributed by atoms with Gasteiger partial charge in [0.2, 0.25) is 0 Å². The average Bonchev–Trinajstić information content (AvgIpc) is 3.19. The Balaban J connectivity index is 1.50. The first kappa shape index (κ1) is 22.6. The third-order valence-corrected chi connectivity index (χ3v) is 5.60. The molecule has 2 atom stereocenters. The van der Waals surface area contributed by atoms with Gasteiger partial charge in [-0.2, -0.15) is 13.2 Å². The van der Waals surface area contributed by atoms with Crippen LogP contribution in [0.5, 0.6) is 5.75 Å². The average molecular weight is 422 g/mol. The van der Waals surface area contributed by atoms with Crippen LogP contribution in [0.2, 0.25) is 0 Å². The standard InChI is InChI=1S/C24H30F3NO2/c25-24(26,27)23-15-21(30-22-14-20(17-29)28-16-22)13-12-19(23)11-7-2-1-4-8-18-9-5-3-6-10-18/h3,5-6,9-10,12-13,15,20,22,28-29H,1-2,4,7-8,11,14,16-17H2/t20-,22?/m0/s1. The first-order chi connectivity index (χ1) is 14.5. The number of unbranched alkanes of at least 4 members (excludes halogenated alkanes) is 3. The molecule has 0 aromatic heterocycles. The normalized spacial score (nSPS) is 19.2. The molecule has 2 aromatic carbocycles. The first-order valence-corrected chi connectivity index (χ1v) is 10.7. The second-order valence-electron chi connectivity index (χ2n) is 7.98. The minimum absolute atomic E-state index is 0.00204. The van der Waals surface area contributed by atoms with Crippen molar-refractivity contribution in [3.05, 3.63) is 65.2 Å². The van der Waals surface area contributed by atoms with Gasteiger partial charge in [-0.3, -0.25) is 0 Å². The minimum Gasteiger partial charge on any atom is -0.489 e. The highest BCUT2D eigenvalue weighted by Gasteiger charge is 2.34. The van der Waals surface area contributed by atoms with Crippen molar-refractivity contribution >= 4 is 0 Å². The fourth-order valence-corrected chi connectivity index (χ4v) is 3.96. The molecule has 2 aromatic rings. The van der Waals surface area contributed by atoms with Crippen LogP contribution in [0, 0.1) is 0 Å². The van der Waals surface area contributed by atoms with Crippen LogP contribution in [-0.2, 0) is 19.0 Å². The van der Waals surface area contributed by atoms with Gasteiger partial charge in [-0.25, -0.2) is 0 Å². The van der Waals surface area contributed by atoms with Crippen LogP contribution in [0.3, 0.4) is 0 Å². The Morgan fingerprint density at radius 3 is 2.37 bits per heavy atom. The van der Waals surface area contributed by atoms with Crippen molar-refractivity contribution < 1.29 is 23.0 Å². The van der Waals surface area contributed by atoms with Crippen molar-refractivity contribution in [1.29, 1.82) is 0 Å². The first-order valence-electron chi connectivity index (χ1n) is 10.7. The summed E-state index contributed by atoms with van der Waals surface area (Å²) in [5.74, 6) is 0.235. The van der Waals surface area contributed by atoms with Gasteiger partial charge >= 0.3 is 6.18 Å². The largest absolute Gasteiger partial charge is 0.489 e. The molecule has 1 saturated heterocycles. The lowest BCUT2D eigenvalue weighted by Crippen LogP contribution is -2.25. The monoisotopic (exact) mass is 421 g/mol. The molecule has 164 valence electrons. The molecule has 1 unspecified atom stereocenters. The lowest BCUT2D eigenvalue weighted by molar-refractivity contribution is -0.138. The number of benzene rings is 2. The maximum absolute atomic E-state index is 13.6. The molecule has 30 heavy (non-hydrogen) atoms. The Labute approximate surface area is 176 Å². The molecule has 0 amide bonds. The number of halogens is 3. The predicted molar refractivity (Wildman–Crippen MR) is 112 cm³/mol. The topological polar surface area (TPSA) is 41.5 Å². The lowest BCUT2D eigenvalue weighted by Gasteiger charge is -2.17. The van der Waals surface area contributed by atoms with Gasteiger partial charge in [0, 0.05) is 19.0 Å². The molecule has 0 radical (unpaired) electrons. The third-order valence-electron chi connectivity index (χ3n) is 5.60. The molecule has 1 aliphatic heterocycles. The number of aliphatic hydroxyl groups is 1. The number of ether oxygens (including phenoxy) is 1. The van der Waals surface area contributed by atoms with Gasteiger partial charge in [0.15, 0.2) is 0 Å². The molecule has 3 nitrogen and oxygen atoms in total. The number of rotatable bonds is 10. The maximum Gasteiger partial charge on any atom is 0.416 e. The van der Waals surface area contributed by atoms with E-state index >= 15 is 0 Å². The molecule has 1 heterocycles. The summed E-state index contributed by atoms with van der Waals surface area (Å²) < 4.78 is 46.5. The zero-order valence-electron chi connectivity index (χ0n) is 17.1. The zero-order valence-corrected chi connectivity index (χ0v) is 17.1. The van der Waals surface area contributed by atoms with Gasteiger partial charge in [0.05, 0.1) is 12.2 Å². The fraction of sp³-hybridized carbons (Fsp3) is 0.500. The summed E-state index contributed by atoms with van der Waals surface area (Å²) in [6, 6.07) is 14.5. The number of hydrogen-bond acceptors (Lipinski definition) is 3. The van der Waals surface area contributed by atoms with Crippen LogP contribution in [-0.4, -0.2) is 30.4 Å². The predicted octanol–water partition coefficient (Wildman–Crippen LogP) is 5.15. The second-order valence-corrected chi connectivity index (χ2v) is 7.98. The van der Waals surface area contributed by atoms with E-state index in [-0.39, 0.29) is 24.5 Å². The van der Waals surface area contributed by atoms with E-state index in [1.54, 1.807) is 12.1 Å². The van der Waals surface area contributed by atoms with Gasteiger partial charge in [0.1, 0.15) is 11.9 Å². The van der Waals surface area contributed by atoms with E-state index in [1.807, 2.05) is 18.2 Å². The molecule has 0 bridgehead atoms. The summed E-state index contributed by atoms with van der Waals surface area (Å²) in [6.07, 6.45) is 1.10. The van der Waals surface area contributed by atoms with E-state index < -0.39 is 11.7 Å². The van der Waals surface area contributed by atoms with Crippen LogP contribution in [0.25, 0.3) is 0 Å². The van der Waals surface area contributed by atoms with Crippen molar-refractivity contribution in [2.75, 3.05) is 13.2 Å². The van der Waals surface area contributed by atoms with Gasteiger partial charge in [-0.05, 0) is 48.9 Å². The minimum atomic E-state index is -4.40. The summed E-state index contributed by atoms with van der Waals surface area (Å²) in [5, 5.41) is 12.3. The van der Waals surface area contributed by atoms with Crippen molar-refractivity contribution in [1.82, 2.24) is 5.32 Å². The molecule has 1 fully saturated rings. The number of nitrogens with one attached hydrogen (secondary N) is 1. The Morgan fingerprint density at radius 2 is 1.70 bits per heavy atom. The summed E-state index contributed by atoms with van der Waals surface area (Å²) in [6.45, 7) is 0.523. The van der Waals surface area contributed by atoms with E-state index in [2.05, 4.69) is 17.4 Å². The number of aryl methyl sites for hydroxylation is 2. The highest BCUT2D eigenvalue weighted by molar-refractivity contribution is 5.38. The molecule has 0 aliphatic carbocycles. The number of aliphatic hydroxyl groups excluding tert-OH is 1. The van der Waals surface area contributed by atoms with Crippen LogP contribution in [0.1, 0.15) is 48.8 Å². The van der Waals surface area contributed by atoms with Gasteiger partial charge < -0.3 is 15.2 Å². The van der Waals surface area contributed by atoms with Gasteiger partial charge in [-0.15, -0.1) is 0 Å². The van der Waals surface area contributed by atoms with Gasteiger partial charge in [0.25, 0.3) is 0 Å². The van der Waals surface area contributed by atoms with Gasteiger partial charge in [-0.1, -0.05) is 49.2 Å². The summed E-state index contributed by atoms with van der Waals surface area (Å²) in [5.41, 5.74) is 1.03. The van der Waals surface area contributed by atoms with E-state index in [0.717, 1.165) is 38.2 Å². The van der Waals surface area contributed by atoms with Crippen LogP contribution in [0.4, 0.5) is 13.2 Å². The highest BCUT2D eigenvalue weighted by Crippen LogP contribution is 2.35. The van der Waals surface area contributed by atoms with Crippen LogP contribution in [0.15, 0.2) is 48.5 Å². The SMILES string of the molecule is OC[C@@H]1CC(Oc2ccc(CCCCCCc3ccccc3)c(C(F)(F)F)c2)CN1. The molecular weight excluding hydrogens is 391 g/mol. The molecule has 2 N–H and O–H groups in total. The maximum atomic E-state index is 13.6. The fourth-order valence-electron chi connectivity index (χ4n) is 3.96. The Hall–Kier alpha value is -2.05. The number of alkyl halides is 3. The van der Waals surface area contributed by atoms with E-state index in [9.17, 15) is 13.2 Å². The molecule has 0 saturated carbocycles. The molecule has 1 aliphatic rings. The van der Waals surface area contributed by atoms with E-state index in [0.29, 0.717) is 24.9 Å². The molecule has 0 spiro atoms. The third kappa shape index (κ3) is 6.74. The Bertz CT molecular complexity index is 780. The molecule has 6 heteroatoms. The Kier molecular flexibility index (Phi) is 8.16. The van der Waals surface area contributed by atoms with Crippen molar-refractivity contribution in [2.45, 2.75) is 63.3 Å². The molecular formula is C24H30F3NO2. The number of hydrogen-bond donors (Lipinski definition) is 2. The smallest absolute Gasteiger partial charge is 0.416 e. The van der Waals surface area contributed by atoms with Crippen LogP contribution >= 0.6 is 0 Å². The van der Waals surface area contributed by atoms with Crippen LogP contribution < -0.4 is 10.1 Å². The highest BCUT2D eigenvalue weighted by atomic mass is 19.4. The van der Waals surface area contributed by atoms with Crippen molar-refractivity contribution in [2.24, 2.45) is 0 Å². The second kappa shape index (κ2) is 10.8. The summed E-state index contributed by atoms with van der Waals surface area (Å²) in [7, 11) is 0. The Morgan fingerprint density at radius 1 is 0.967 bits per heavy atom. The summed E-state index contributed by atoms with van der Waals surface area (Å²) in [4.78, 5) is 0. The zero-order chi connectivity index (χ0) is 21.4. The van der Waals surface area contributed by atoms with E-state index in [1.165, 1.54) is 5.56 Å². The molecule has 3 rings (SSSR count). The summed E-state index contributed by atoms with van der Waals surface area (Å²) >= 11 is 0. The van der Waals surface area contributed by atoms with Crippen molar-refractivity contribution in [3.63, 3.8) is 0 Å². The van der Waals surface area contributed by atoms with Crippen molar-refractivity contribution in [3.8, 4) is 5.75 Å². The quantitative estimate of drug-likeness (QED) is 0.521. The van der Waals surface area contributed by atoms with E-state index in [4.69, 9.17) is 9.84 Å². The lowest BCUT2D eigenvalue weighted by atomic mass is 9.99.